The van der Waals surface area contributed by atoms with Crippen molar-refractivity contribution in [2.45, 2.75) is 5.37 Å². The van der Waals surface area contributed by atoms with Crippen LogP contribution in [0.3, 0.4) is 0 Å². The van der Waals surface area contributed by atoms with Gasteiger partial charge in [-0.25, -0.2) is 8.78 Å². The molecule has 0 aliphatic carbocycles. The third kappa shape index (κ3) is 2.42. The minimum atomic E-state index is -0.447. The highest BCUT2D eigenvalue weighted by Gasteiger charge is 2.14. The molecule has 1 rings (SSSR count). The summed E-state index contributed by atoms with van der Waals surface area (Å²) in [5, 5.41) is -0.421. The van der Waals surface area contributed by atoms with Crippen LogP contribution in [-0.2, 0) is 0 Å². The maximum atomic E-state index is 13.1. The molecule has 0 amide bonds. The molecule has 0 heterocycles. The first kappa shape index (κ1) is 10.5. The van der Waals surface area contributed by atoms with Gasteiger partial charge in [-0.3, -0.25) is 4.90 Å². The van der Waals surface area contributed by atoms with Crippen LogP contribution in [0.25, 0.3) is 0 Å². The first-order valence-corrected chi connectivity index (χ1v) is 4.33. The molecule has 0 fully saturated rings. The molecule has 1 atom stereocenters. The van der Waals surface area contributed by atoms with Gasteiger partial charge in [0.1, 0.15) is 11.6 Å². The number of thiol groups is 1. The Balaban J connectivity index is 3.05. The van der Waals surface area contributed by atoms with E-state index in [0.29, 0.717) is 0 Å². The molecule has 1 aromatic rings. The van der Waals surface area contributed by atoms with Crippen molar-refractivity contribution in [1.29, 1.82) is 0 Å². The van der Waals surface area contributed by atoms with Gasteiger partial charge in [-0.05, 0) is 32.3 Å². The van der Waals surface area contributed by atoms with Gasteiger partial charge >= 0.3 is 0 Å². The van der Waals surface area contributed by atoms with E-state index in [1.165, 1.54) is 0 Å². The Hall–Kier alpha value is -0.610. The summed E-state index contributed by atoms with van der Waals surface area (Å²) in [4.78, 5) is 1.70. The first-order chi connectivity index (χ1) is 6.02. The van der Waals surface area contributed by atoms with E-state index in [1.54, 1.807) is 19.0 Å². The number of rotatable bonds is 2. The van der Waals surface area contributed by atoms with Crippen molar-refractivity contribution < 1.29 is 8.78 Å². The molecule has 72 valence electrons. The van der Waals surface area contributed by atoms with Gasteiger partial charge in [0.05, 0.1) is 5.37 Å². The zero-order chi connectivity index (χ0) is 10.0. The lowest BCUT2D eigenvalue weighted by Crippen LogP contribution is -2.16. The third-order valence-corrected chi connectivity index (χ3v) is 2.47. The van der Waals surface area contributed by atoms with Crippen LogP contribution in [0, 0.1) is 11.6 Å². The lowest BCUT2D eigenvalue weighted by molar-refractivity contribution is 0.382. The standard InChI is InChI=1S/C9H11F2NS/c1-12(2)9(13)7-5-6(10)3-4-8(7)11/h3-5,9,13H,1-2H3. The number of hydrogen-bond donors (Lipinski definition) is 1. The second-order valence-electron chi connectivity index (χ2n) is 3.00. The molecule has 0 aliphatic heterocycles. The van der Waals surface area contributed by atoms with E-state index < -0.39 is 17.0 Å². The Morgan fingerprint density at radius 2 is 1.92 bits per heavy atom. The largest absolute Gasteiger partial charge is 0.294 e. The molecule has 13 heavy (non-hydrogen) atoms. The van der Waals surface area contributed by atoms with Crippen LogP contribution in [0.2, 0.25) is 0 Å². The fourth-order valence-corrected chi connectivity index (χ4v) is 1.19. The molecule has 0 N–H and O–H groups in total. The summed E-state index contributed by atoms with van der Waals surface area (Å²) in [6.45, 7) is 0. The second-order valence-corrected chi connectivity index (χ2v) is 3.49. The van der Waals surface area contributed by atoms with Crippen LogP contribution in [0.1, 0.15) is 10.9 Å². The Labute approximate surface area is 81.8 Å². The summed E-state index contributed by atoms with van der Waals surface area (Å²) < 4.78 is 25.9. The van der Waals surface area contributed by atoms with Crippen molar-refractivity contribution in [3.8, 4) is 0 Å². The molecule has 4 heteroatoms. The van der Waals surface area contributed by atoms with Crippen molar-refractivity contribution >= 4 is 12.6 Å². The second kappa shape index (κ2) is 4.07. The molecule has 0 aromatic heterocycles. The summed E-state index contributed by atoms with van der Waals surface area (Å²) in [7, 11) is 3.50. The van der Waals surface area contributed by atoms with E-state index in [9.17, 15) is 8.78 Å². The summed E-state index contributed by atoms with van der Waals surface area (Å²) in [6.07, 6.45) is 0. The molecule has 0 bridgehead atoms. The van der Waals surface area contributed by atoms with Crippen LogP contribution in [0.5, 0.6) is 0 Å². The van der Waals surface area contributed by atoms with Crippen LogP contribution >= 0.6 is 12.6 Å². The molecule has 0 saturated carbocycles. The number of hydrogen-bond acceptors (Lipinski definition) is 2. The van der Waals surface area contributed by atoms with E-state index in [1.807, 2.05) is 0 Å². The Morgan fingerprint density at radius 3 is 2.46 bits per heavy atom. The monoisotopic (exact) mass is 203 g/mol. The highest BCUT2D eigenvalue weighted by atomic mass is 32.1. The van der Waals surface area contributed by atoms with Gasteiger partial charge < -0.3 is 0 Å². The molecular weight excluding hydrogens is 192 g/mol. The summed E-state index contributed by atoms with van der Waals surface area (Å²) in [5.74, 6) is -0.882. The third-order valence-electron chi connectivity index (χ3n) is 1.73. The van der Waals surface area contributed by atoms with Gasteiger partial charge in [0.15, 0.2) is 0 Å². The normalized spacial score (nSPS) is 13.4. The van der Waals surface area contributed by atoms with Crippen molar-refractivity contribution in [1.82, 2.24) is 4.90 Å². The predicted molar refractivity (Wildman–Crippen MR) is 51.8 cm³/mol. The Bertz CT molecular complexity index is 302. The molecular formula is C9H11F2NS. The molecule has 0 aliphatic rings. The maximum absolute atomic E-state index is 13.1. The van der Waals surface area contributed by atoms with Crippen molar-refractivity contribution in [2.75, 3.05) is 14.1 Å². The first-order valence-electron chi connectivity index (χ1n) is 3.82. The van der Waals surface area contributed by atoms with Gasteiger partial charge in [0.2, 0.25) is 0 Å². The fraction of sp³-hybridized carbons (Fsp3) is 0.333. The van der Waals surface area contributed by atoms with Crippen molar-refractivity contribution in [3.05, 3.63) is 35.4 Å². The van der Waals surface area contributed by atoms with Crippen molar-refractivity contribution in [2.24, 2.45) is 0 Å². The van der Waals surface area contributed by atoms with Crippen molar-refractivity contribution in [3.63, 3.8) is 0 Å². The summed E-state index contributed by atoms with van der Waals surface area (Å²) in [5.41, 5.74) is 0.258. The highest BCUT2D eigenvalue weighted by molar-refractivity contribution is 7.80. The zero-order valence-electron chi connectivity index (χ0n) is 7.46. The van der Waals surface area contributed by atoms with E-state index >= 15 is 0 Å². The molecule has 1 aromatic carbocycles. The Kier molecular flexibility index (Phi) is 3.27. The van der Waals surface area contributed by atoms with E-state index in [-0.39, 0.29) is 5.56 Å². The lowest BCUT2D eigenvalue weighted by Gasteiger charge is -2.19. The van der Waals surface area contributed by atoms with Gasteiger partial charge in [-0.15, -0.1) is 0 Å². The average Bonchev–Trinajstić information content (AvgIpc) is 2.08. The smallest absolute Gasteiger partial charge is 0.129 e. The quantitative estimate of drug-likeness (QED) is 0.571. The van der Waals surface area contributed by atoms with Gasteiger partial charge in [0.25, 0.3) is 0 Å². The van der Waals surface area contributed by atoms with Crippen LogP contribution < -0.4 is 0 Å². The predicted octanol–water partition coefficient (Wildman–Crippen LogP) is 2.45. The fourth-order valence-electron chi connectivity index (χ4n) is 0.991. The molecule has 1 nitrogen and oxygen atoms in total. The minimum absolute atomic E-state index is 0.258. The van der Waals surface area contributed by atoms with Gasteiger partial charge in [-0.1, -0.05) is 0 Å². The zero-order valence-corrected chi connectivity index (χ0v) is 8.35. The highest BCUT2D eigenvalue weighted by Crippen LogP contribution is 2.24. The average molecular weight is 203 g/mol. The minimum Gasteiger partial charge on any atom is -0.294 e. The summed E-state index contributed by atoms with van der Waals surface area (Å²) in [6, 6.07) is 3.36. The van der Waals surface area contributed by atoms with Gasteiger partial charge in [-0.2, -0.15) is 12.6 Å². The summed E-state index contributed by atoms with van der Waals surface area (Å²) >= 11 is 4.15. The van der Waals surface area contributed by atoms with Gasteiger partial charge in [0, 0.05) is 5.56 Å². The number of nitrogens with zero attached hydrogens (tertiary/aromatic N) is 1. The molecule has 0 spiro atoms. The van der Waals surface area contributed by atoms with E-state index in [4.69, 9.17) is 0 Å². The van der Waals surface area contributed by atoms with Crippen LogP contribution in [0.4, 0.5) is 8.78 Å². The molecule has 0 radical (unpaired) electrons. The van der Waals surface area contributed by atoms with E-state index in [0.717, 1.165) is 18.2 Å². The Morgan fingerprint density at radius 1 is 1.31 bits per heavy atom. The SMILES string of the molecule is CN(C)C(S)c1cc(F)ccc1F. The molecule has 1 unspecified atom stereocenters. The van der Waals surface area contributed by atoms with Crippen LogP contribution in [-0.4, -0.2) is 19.0 Å². The molecule has 0 saturated heterocycles. The van der Waals surface area contributed by atoms with E-state index in [2.05, 4.69) is 12.6 Å². The van der Waals surface area contributed by atoms with Crippen LogP contribution in [0.15, 0.2) is 18.2 Å². The number of halogens is 2. The maximum Gasteiger partial charge on any atom is 0.129 e. The lowest BCUT2D eigenvalue weighted by atomic mass is 10.2. The topological polar surface area (TPSA) is 3.24 Å². The number of benzene rings is 1.